The lowest BCUT2D eigenvalue weighted by Crippen LogP contribution is -2.50. The van der Waals surface area contributed by atoms with Crippen LogP contribution < -0.4 is 16.0 Å². The molecule has 1 rings (SSSR count). The van der Waals surface area contributed by atoms with Crippen molar-refractivity contribution in [2.45, 2.75) is 38.8 Å². The summed E-state index contributed by atoms with van der Waals surface area (Å²) < 4.78 is 0. The van der Waals surface area contributed by atoms with Gasteiger partial charge in [-0.3, -0.25) is 29.3 Å². The number of nitrogens with zero attached hydrogens (tertiary/aromatic N) is 1. The number of carbonyl (C=O) groups is 4. The molecular formula is C16H20N4O7. The zero-order valence-corrected chi connectivity index (χ0v) is 14.7. The zero-order valence-electron chi connectivity index (χ0n) is 14.7. The number of nitrogens with one attached hydrogen (secondary N) is 3. The number of anilines is 1. The first kappa shape index (κ1) is 21.5. The molecular weight excluding hydrogens is 360 g/mol. The van der Waals surface area contributed by atoms with Gasteiger partial charge in [0.2, 0.25) is 17.7 Å². The lowest BCUT2D eigenvalue weighted by Gasteiger charge is -2.18. The number of non-ortho nitro benzene ring substituents is 1. The minimum absolute atomic E-state index is 0.123. The Balaban J connectivity index is 2.50. The van der Waals surface area contributed by atoms with Gasteiger partial charge in [-0.15, -0.1) is 0 Å². The van der Waals surface area contributed by atoms with Gasteiger partial charge in [0, 0.05) is 24.2 Å². The fourth-order valence-electron chi connectivity index (χ4n) is 1.92. The minimum Gasteiger partial charge on any atom is -0.481 e. The van der Waals surface area contributed by atoms with E-state index >= 15 is 0 Å². The predicted molar refractivity (Wildman–Crippen MR) is 93.8 cm³/mol. The molecule has 0 radical (unpaired) electrons. The lowest BCUT2D eigenvalue weighted by atomic mass is 10.2. The molecule has 27 heavy (non-hydrogen) atoms. The summed E-state index contributed by atoms with van der Waals surface area (Å²) in [6.45, 7) is 2.83. The van der Waals surface area contributed by atoms with Gasteiger partial charge < -0.3 is 21.1 Å². The van der Waals surface area contributed by atoms with E-state index in [0.29, 0.717) is 5.69 Å². The smallest absolute Gasteiger partial charge is 0.303 e. The SMILES string of the molecule is C[C@H](NC(=O)CCC(=O)O)C(=O)N[C@@H](C)C(=O)Nc1ccc([N+](=O)[O-])cc1. The predicted octanol–water partition coefficient (Wildman–Crippen LogP) is 0.408. The maximum atomic E-state index is 12.1. The fraction of sp³-hybridized carbons (Fsp3) is 0.375. The second-order valence-corrected chi connectivity index (χ2v) is 5.71. The molecule has 1 aromatic carbocycles. The van der Waals surface area contributed by atoms with Crippen molar-refractivity contribution in [1.29, 1.82) is 0 Å². The van der Waals surface area contributed by atoms with Crippen LogP contribution in [0.1, 0.15) is 26.7 Å². The molecule has 4 N–H and O–H groups in total. The Morgan fingerprint density at radius 2 is 1.56 bits per heavy atom. The number of carbonyl (C=O) groups excluding carboxylic acids is 3. The van der Waals surface area contributed by atoms with Gasteiger partial charge >= 0.3 is 5.97 Å². The number of hydrogen-bond acceptors (Lipinski definition) is 6. The van der Waals surface area contributed by atoms with Crippen molar-refractivity contribution in [3.8, 4) is 0 Å². The Morgan fingerprint density at radius 3 is 2.07 bits per heavy atom. The monoisotopic (exact) mass is 380 g/mol. The van der Waals surface area contributed by atoms with Crippen LogP contribution in [0.25, 0.3) is 0 Å². The van der Waals surface area contributed by atoms with Crippen molar-refractivity contribution >= 4 is 35.1 Å². The molecule has 11 heteroatoms. The third kappa shape index (κ3) is 7.50. The molecule has 0 aliphatic heterocycles. The Morgan fingerprint density at radius 1 is 1.00 bits per heavy atom. The van der Waals surface area contributed by atoms with Gasteiger partial charge in [-0.2, -0.15) is 0 Å². The van der Waals surface area contributed by atoms with E-state index in [2.05, 4.69) is 16.0 Å². The van der Waals surface area contributed by atoms with E-state index in [1.807, 2.05) is 0 Å². The molecule has 1 aromatic rings. The van der Waals surface area contributed by atoms with E-state index in [1.54, 1.807) is 0 Å². The molecule has 11 nitrogen and oxygen atoms in total. The number of nitro benzene ring substituents is 1. The highest BCUT2D eigenvalue weighted by atomic mass is 16.6. The van der Waals surface area contributed by atoms with E-state index in [4.69, 9.17) is 5.11 Å². The number of carboxylic acids is 1. The molecule has 3 amide bonds. The molecule has 0 saturated heterocycles. The highest BCUT2D eigenvalue weighted by Gasteiger charge is 2.21. The summed E-state index contributed by atoms with van der Waals surface area (Å²) in [5, 5.41) is 26.3. The summed E-state index contributed by atoms with van der Waals surface area (Å²) in [5.74, 6) is -2.89. The summed E-state index contributed by atoms with van der Waals surface area (Å²) in [6.07, 6.45) is -0.614. The largest absolute Gasteiger partial charge is 0.481 e. The van der Waals surface area contributed by atoms with Crippen LogP contribution in [-0.2, 0) is 19.2 Å². The second-order valence-electron chi connectivity index (χ2n) is 5.71. The normalized spacial score (nSPS) is 12.4. The molecule has 0 aliphatic carbocycles. The molecule has 0 unspecified atom stereocenters. The molecule has 0 saturated carbocycles. The number of hydrogen-bond donors (Lipinski definition) is 4. The van der Waals surface area contributed by atoms with Crippen LogP contribution in [-0.4, -0.2) is 45.8 Å². The molecule has 2 atom stereocenters. The van der Waals surface area contributed by atoms with E-state index in [-0.39, 0.29) is 18.5 Å². The zero-order chi connectivity index (χ0) is 20.6. The Kier molecular flexibility index (Phi) is 7.86. The van der Waals surface area contributed by atoms with Crippen molar-refractivity contribution in [1.82, 2.24) is 10.6 Å². The van der Waals surface area contributed by atoms with Gasteiger partial charge in [-0.05, 0) is 26.0 Å². The van der Waals surface area contributed by atoms with E-state index in [1.165, 1.54) is 38.1 Å². The minimum atomic E-state index is -1.13. The first-order valence-corrected chi connectivity index (χ1v) is 7.97. The maximum Gasteiger partial charge on any atom is 0.303 e. The van der Waals surface area contributed by atoms with Crippen molar-refractivity contribution < 1.29 is 29.2 Å². The van der Waals surface area contributed by atoms with E-state index in [9.17, 15) is 29.3 Å². The first-order chi connectivity index (χ1) is 12.6. The molecule has 0 fully saturated rings. The van der Waals surface area contributed by atoms with Crippen LogP contribution >= 0.6 is 0 Å². The van der Waals surface area contributed by atoms with Gasteiger partial charge in [0.15, 0.2) is 0 Å². The first-order valence-electron chi connectivity index (χ1n) is 7.97. The van der Waals surface area contributed by atoms with Crippen LogP contribution in [0.4, 0.5) is 11.4 Å². The van der Waals surface area contributed by atoms with E-state index < -0.39 is 40.7 Å². The average Bonchev–Trinajstić information content (AvgIpc) is 2.60. The van der Waals surface area contributed by atoms with Crippen LogP contribution in [0.3, 0.4) is 0 Å². The molecule has 0 spiro atoms. The van der Waals surface area contributed by atoms with Crippen molar-refractivity contribution in [2.24, 2.45) is 0 Å². The standard InChI is InChI=1S/C16H20N4O7/c1-9(17-13(21)7-8-14(22)23)15(24)18-10(2)16(25)19-11-3-5-12(6-4-11)20(26)27/h3-6,9-10H,7-8H2,1-2H3,(H,17,21)(H,18,24)(H,19,25)(H,22,23)/t9-,10-/m0/s1. The van der Waals surface area contributed by atoms with Gasteiger partial charge in [0.05, 0.1) is 11.3 Å². The number of rotatable bonds is 9. The average molecular weight is 380 g/mol. The fourth-order valence-corrected chi connectivity index (χ4v) is 1.92. The van der Waals surface area contributed by atoms with Gasteiger partial charge in [0.1, 0.15) is 12.1 Å². The summed E-state index contributed by atoms with van der Waals surface area (Å²) in [5.41, 5.74) is 0.198. The molecule has 0 heterocycles. The number of aliphatic carboxylic acids is 1. The van der Waals surface area contributed by atoms with Crippen molar-refractivity contribution in [2.75, 3.05) is 5.32 Å². The van der Waals surface area contributed by atoms with Gasteiger partial charge in [-0.25, -0.2) is 0 Å². The molecule has 146 valence electrons. The van der Waals surface area contributed by atoms with Gasteiger partial charge in [-0.1, -0.05) is 0 Å². The van der Waals surface area contributed by atoms with E-state index in [0.717, 1.165) is 0 Å². The Bertz CT molecular complexity index is 733. The highest BCUT2D eigenvalue weighted by Crippen LogP contribution is 2.15. The van der Waals surface area contributed by atoms with Gasteiger partial charge in [0.25, 0.3) is 5.69 Å². The maximum absolute atomic E-state index is 12.1. The lowest BCUT2D eigenvalue weighted by molar-refractivity contribution is -0.384. The summed E-state index contributed by atoms with van der Waals surface area (Å²) >= 11 is 0. The van der Waals surface area contributed by atoms with Crippen LogP contribution in [0.2, 0.25) is 0 Å². The molecule has 0 aromatic heterocycles. The topological polar surface area (TPSA) is 168 Å². The number of amides is 3. The molecule has 0 aliphatic rings. The molecule has 0 bridgehead atoms. The summed E-state index contributed by atoms with van der Waals surface area (Å²) in [7, 11) is 0. The Hall–Kier alpha value is -3.50. The Labute approximate surface area is 154 Å². The number of carboxylic acid groups (broad SMARTS) is 1. The quantitative estimate of drug-likeness (QED) is 0.355. The van der Waals surface area contributed by atoms with Crippen LogP contribution in [0, 0.1) is 10.1 Å². The van der Waals surface area contributed by atoms with Crippen LogP contribution in [0.5, 0.6) is 0 Å². The van der Waals surface area contributed by atoms with Crippen LogP contribution in [0.15, 0.2) is 24.3 Å². The number of benzene rings is 1. The summed E-state index contributed by atoms with van der Waals surface area (Å²) in [6, 6.07) is 3.28. The van der Waals surface area contributed by atoms with Crippen molar-refractivity contribution in [3.63, 3.8) is 0 Å². The third-order valence-electron chi connectivity index (χ3n) is 3.43. The summed E-state index contributed by atoms with van der Waals surface area (Å²) in [4.78, 5) is 56.0. The number of nitro groups is 1. The highest BCUT2D eigenvalue weighted by molar-refractivity contribution is 5.98. The third-order valence-corrected chi connectivity index (χ3v) is 3.43. The van der Waals surface area contributed by atoms with Crippen molar-refractivity contribution in [3.05, 3.63) is 34.4 Å². The second kappa shape index (κ2) is 9.85.